The first-order valence-electron chi connectivity index (χ1n) is 8.51. The van der Waals surface area contributed by atoms with E-state index in [0.717, 1.165) is 47.7 Å². The van der Waals surface area contributed by atoms with Crippen LogP contribution in [0.5, 0.6) is 0 Å². The number of nitrogens with one attached hydrogen (secondary N) is 2. The number of hydrogen-bond acceptors (Lipinski definition) is 4. The van der Waals surface area contributed by atoms with Crippen molar-refractivity contribution in [2.45, 2.75) is 23.7 Å². The quantitative estimate of drug-likeness (QED) is 0.489. The Bertz CT molecular complexity index is 779. The molecule has 130 valence electrons. The number of terminal acetylenes is 1. The topological polar surface area (TPSA) is 65.1 Å². The molecule has 1 aromatic rings. The van der Waals surface area contributed by atoms with Gasteiger partial charge in [-0.15, -0.1) is 19.1 Å². The molecule has 4 nitrogen and oxygen atoms in total. The summed E-state index contributed by atoms with van der Waals surface area (Å²) in [7, 11) is 2.14. The maximum atomic E-state index is 8.45. The van der Waals surface area contributed by atoms with Gasteiger partial charge < -0.3 is 16.0 Å². The molecule has 0 amide bonds. The largest absolute Gasteiger partial charge is 0.404 e. The van der Waals surface area contributed by atoms with Gasteiger partial charge in [-0.1, -0.05) is 24.1 Å². The van der Waals surface area contributed by atoms with Crippen LogP contribution in [0.25, 0.3) is 0 Å². The zero-order valence-corrected chi connectivity index (χ0v) is 15.3. The molecular weight excluding hydrogens is 328 g/mol. The van der Waals surface area contributed by atoms with Crippen LogP contribution in [-0.2, 0) is 0 Å². The minimum absolute atomic E-state index is 0.216. The monoisotopic (exact) mass is 352 g/mol. The minimum Gasteiger partial charge on any atom is -0.404 e. The van der Waals surface area contributed by atoms with E-state index in [-0.39, 0.29) is 5.92 Å². The number of hydrogen-bond donors (Lipinski definition) is 4. The van der Waals surface area contributed by atoms with Gasteiger partial charge in [-0.25, -0.2) is 0 Å². The van der Waals surface area contributed by atoms with E-state index in [1.165, 1.54) is 6.20 Å². The van der Waals surface area contributed by atoms with Crippen molar-refractivity contribution in [1.29, 1.82) is 5.41 Å². The van der Waals surface area contributed by atoms with Crippen molar-refractivity contribution < 1.29 is 0 Å². The van der Waals surface area contributed by atoms with Crippen LogP contribution in [0, 0.1) is 23.7 Å². The fraction of sp³-hybridized carbons (Fsp3) is 0.350. The lowest BCUT2D eigenvalue weighted by atomic mass is 9.77. The molecule has 0 saturated carbocycles. The van der Waals surface area contributed by atoms with E-state index >= 15 is 0 Å². The van der Waals surface area contributed by atoms with Crippen LogP contribution < -0.4 is 11.1 Å². The highest BCUT2D eigenvalue weighted by molar-refractivity contribution is 7.80. The summed E-state index contributed by atoms with van der Waals surface area (Å²) < 4.78 is 0. The first-order chi connectivity index (χ1) is 12.1. The number of piperidine rings is 1. The predicted octanol–water partition coefficient (Wildman–Crippen LogP) is 2.71. The second kappa shape index (κ2) is 7.38. The summed E-state index contributed by atoms with van der Waals surface area (Å²) in [6, 6.07) is 7.87. The fourth-order valence-electron chi connectivity index (χ4n) is 3.74. The Morgan fingerprint density at radius 2 is 2.04 bits per heavy atom. The summed E-state index contributed by atoms with van der Waals surface area (Å²) in [5.41, 5.74) is 9.44. The summed E-state index contributed by atoms with van der Waals surface area (Å²) in [6.07, 6.45) is 9.51. The zero-order valence-electron chi connectivity index (χ0n) is 14.4. The van der Waals surface area contributed by atoms with Gasteiger partial charge in [-0.3, -0.25) is 5.41 Å². The van der Waals surface area contributed by atoms with E-state index in [1.54, 1.807) is 0 Å². The molecular formula is C20H24N4S. The van der Waals surface area contributed by atoms with Crippen molar-refractivity contribution >= 4 is 18.5 Å². The molecule has 0 aliphatic carbocycles. The van der Waals surface area contributed by atoms with Crippen molar-refractivity contribution in [1.82, 2.24) is 10.2 Å². The molecule has 2 heterocycles. The Morgan fingerprint density at radius 1 is 1.36 bits per heavy atom. The molecule has 1 aromatic carbocycles. The van der Waals surface area contributed by atoms with E-state index in [1.807, 2.05) is 24.3 Å². The van der Waals surface area contributed by atoms with Gasteiger partial charge in [-0.2, -0.15) is 0 Å². The van der Waals surface area contributed by atoms with Crippen molar-refractivity contribution in [3.05, 3.63) is 52.9 Å². The summed E-state index contributed by atoms with van der Waals surface area (Å²) in [5.74, 6) is 3.36. The van der Waals surface area contributed by atoms with Crippen LogP contribution >= 0.6 is 12.6 Å². The molecule has 0 spiro atoms. The van der Waals surface area contributed by atoms with E-state index in [0.29, 0.717) is 17.3 Å². The van der Waals surface area contributed by atoms with Gasteiger partial charge in [0.25, 0.3) is 0 Å². The van der Waals surface area contributed by atoms with Gasteiger partial charge in [0, 0.05) is 39.8 Å². The Balaban J connectivity index is 2.12. The molecule has 4 N–H and O–H groups in total. The molecule has 2 aliphatic heterocycles. The Morgan fingerprint density at radius 3 is 2.64 bits per heavy atom. The third kappa shape index (κ3) is 3.33. The lowest BCUT2D eigenvalue weighted by molar-refractivity contribution is 0.234. The number of nitrogens with two attached hydrogens (primary N) is 1. The number of likely N-dealkylation sites (tertiary alicyclic amines) is 1. The van der Waals surface area contributed by atoms with Crippen LogP contribution in [0.2, 0.25) is 0 Å². The number of allylic oxidation sites excluding steroid dienone is 2. The van der Waals surface area contributed by atoms with Crippen LogP contribution in [0.15, 0.2) is 52.2 Å². The molecule has 1 atom stereocenters. The van der Waals surface area contributed by atoms with Gasteiger partial charge in [0.15, 0.2) is 0 Å². The number of nitrogens with zero attached hydrogens (tertiary/aromatic N) is 1. The average Bonchev–Trinajstić information content (AvgIpc) is 2.62. The number of thiol groups is 1. The number of benzene rings is 1. The maximum Gasteiger partial charge on any atom is 0.127 e. The van der Waals surface area contributed by atoms with E-state index in [9.17, 15) is 0 Å². The third-order valence-electron chi connectivity index (χ3n) is 5.15. The van der Waals surface area contributed by atoms with E-state index in [2.05, 4.69) is 35.8 Å². The average molecular weight is 353 g/mol. The van der Waals surface area contributed by atoms with E-state index in [4.69, 9.17) is 17.6 Å². The standard InChI is InChI=1S/C20H24N4S/c1-3-14-18(15-6-4-5-7-17(15)25)16(12-21)20(22)23-19(14)13-8-10-24(2)11-9-13/h1,4-7,12-13,18,25H,8-11,21H2,2H3,(H2,22,23)/b16-12-. The number of rotatable bonds is 2. The Labute approximate surface area is 155 Å². The predicted molar refractivity (Wildman–Crippen MR) is 106 cm³/mol. The number of amidine groups is 1. The van der Waals surface area contributed by atoms with Crippen molar-refractivity contribution in [3.8, 4) is 12.3 Å². The lowest BCUT2D eigenvalue weighted by Crippen LogP contribution is -2.40. The van der Waals surface area contributed by atoms with Gasteiger partial charge in [-0.05, 0) is 44.6 Å². The third-order valence-corrected chi connectivity index (χ3v) is 5.56. The molecule has 3 rings (SSSR count). The van der Waals surface area contributed by atoms with E-state index < -0.39 is 0 Å². The summed E-state index contributed by atoms with van der Waals surface area (Å²) in [5, 5.41) is 11.7. The molecule has 25 heavy (non-hydrogen) atoms. The smallest absolute Gasteiger partial charge is 0.127 e. The second-order valence-electron chi connectivity index (χ2n) is 6.66. The second-order valence-corrected chi connectivity index (χ2v) is 7.14. The molecule has 1 saturated heterocycles. The molecule has 0 radical (unpaired) electrons. The molecule has 0 bridgehead atoms. The minimum atomic E-state index is -0.216. The highest BCUT2D eigenvalue weighted by Gasteiger charge is 2.35. The van der Waals surface area contributed by atoms with Crippen LogP contribution in [-0.4, -0.2) is 30.9 Å². The molecule has 1 unspecified atom stereocenters. The lowest BCUT2D eigenvalue weighted by Gasteiger charge is -2.37. The molecule has 5 heteroatoms. The van der Waals surface area contributed by atoms with Gasteiger partial charge >= 0.3 is 0 Å². The normalized spacial score (nSPS) is 24.3. The van der Waals surface area contributed by atoms with Crippen LogP contribution in [0.1, 0.15) is 24.3 Å². The molecule has 2 aliphatic rings. The van der Waals surface area contributed by atoms with Crippen molar-refractivity contribution in [3.63, 3.8) is 0 Å². The fourth-order valence-corrected chi connectivity index (χ4v) is 4.03. The first kappa shape index (κ1) is 17.7. The zero-order chi connectivity index (χ0) is 18.0. The van der Waals surface area contributed by atoms with Gasteiger partial charge in [0.05, 0.1) is 0 Å². The molecule has 1 fully saturated rings. The first-order valence-corrected chi connectivity index (χ1v) is 8.96. The summed E-state index contributed by atoms with van der Waals surface area (Å²) in [6.45, 7) is 2.07. The molecule has 0 aromatic heterocycles. The Kier molecular flexibility index (Phi) is 5.22. The van der Waals surface area contributed by atoms with Gasteiger partial charge in [0.1, 0.15) is 5.84 Å². The summed E-state index contributed by atoms with van der Waals surface area (Å²) >= 11 is 4.61. The van der Waals surface area contributed by atoms with Crippen LogP contribution in [0.3, 0.4) is 0 Å². The maximum absolute atomic E-state index is 8.45. The van der Waals surface area contributed by atoms with Gasteiger partial charge in [0.2, 0.25) is 0 Å². The van der Waals surface area contributed by atoms with Crippen molar-refractivity contribution in [2.75, 3.05) is 20.1 Å². The summed E-state index contributed by atoms with van der Waals surface area (Å²) in [4.78, 5) is 3.18. The van der Waals surface area contributed by atoms with Crippen LogP contribution in [0.4, 0.5) is 0 Å². The highest BCUT2D eigenvalue weighted by Crippen LogP contribution is 2.41. The highest BCUT2D eigenvalue weighted by atomic mass is 32.1. The SMILES string of the molecule is C#CC1=C(C2CCN(C)CC2)NC(=N)/C(=C\N)C1c1ccccc1S. The van der Waals surface area contributed by atoms with Crippen molar-refractivity contribution in [2.24, 2.45) is 11.7 Å². The Hall–Kier alpha value is -2.16.